The number of methoxy groups -OCH3 is 1. The fourth-order valence-electron chi connectivity index (χ4n) is 2.25. The van der Waals surface area contributed by atoms with Gasteiger partial charge in [-0.25, -0.2) is 0 Å². The Morgan fingerprint density at radius 1 is 1.39 bits per heavy atom. The first kappa shape index (κ1) is 15.7. The number of rotatable bonds is 7. The molecule has 4 nitrogen and oxygen atoms in total. The molecule has 5 heteroatoms. The predicted octanol–water partition coefficient (Wildman–Crippen LogP) is 1.95. The van der Waals surface area contributed by atoms with Gasteiger partial charge in [0.05, 0.1) is 18.8 Å². The van der Waals surface area contributed by atoms with Gasteiger partial charge in [-0.05, 0) is 31.6 Å². The first-order valence-electron chi connectivity index (χ1n) is 6.55. The minimum Gasteiger partial charge on any atom is -0.382 e. The van der Waals surface area contributed by atoms with Gasteiger partial charge >= 0.3 is 0 Å². The zero-order valence-corrected chi connectivity index (χ0v) is 12.1. The van der Waals surface area contributed by atoms with E-state index in [1.165, 1.54) is 0 Å². The molecule has 0 unspecified atom stereocenters. The number of hydrogen-bond acceptors (Lipinski definition) is 3. The Morgan fingerprint density at radius 2 is 2.06 bits per heavy atom. The molecule has 0 radical (unpaired) electrons. The molecule has 0 bridgehead atoms. The number of amides is 1. The summed E-state index contributed by atoms with van der Waals surface area (Å²) in [7, 11) is 1.61. The molecular weight excluding hydrogens is 254 g/mol. The van der Waals surface area contributed by atoms with Gasteiger partial charge in [-0.3, -0.25) is 4.79 Å². The largest absolute Gasteiger partial charge is 0.382 e. The van der Waals surface area contributed by atoms with Crippen LogP contribution in [-0.4, -0.2) is 44.3 Å². The molecule has 1 rings (SSSR count). The van der Waals surface area contributed by atoms with E-state index in [0.717, 1.165) is 31.6 Å². The summed E-state index contributed by atoms with van der Waals surface area (Å²) in [6.45, 7) is 3.27. The van der Waals surface area contributed by atoms with E-state index in [9.17, 15) is 4.79 Å². The van der Waals surface area contributed by atoms with Crippen LogP contribution in [0, 0.1) is 5.92 Å². The van der Waals surface area contributed by atoms with Crippen LogP contribution in [0.1, 0.15) is 32.6 Å². The smallest absolute Gasteiger partial charge is 0.246 e. The van der Waals surface area contributed by atoms with Crippen LogP contribution in [0.4, 0.5) is 0 Å². The third kappa shape index (κ3) is 5.12. The van der Waals surface area contributed by atoms with Gasteiger partial charge in [0.15, 0.2) is 0 Å². The third-order valence-corrected chi connectivity index (χ3v) is 4.07. The van der Waals surface area contributed by atoms with Crippen molar-refractivity contribution in [3.05, 3.63) is 0 Å². The molecule has 1 amide bonds. The van der Waals surface area contributed by atoms with Gasteiger partial charge in [-0.1, -0.05) is 6.92 Å². The summed E-state index contributed by atoms with van der Waals surface area (Å²) in [5.41, 5.74) is -0.226. The Bertz CT molecular complexity index is 253. The normalized spacial score (nSPS) is 28.1. The van der Waals surface area contributed by atoms with Gasteiger partial charge < -0.3 is 14.8 Å². The van der Waals surface area contributed by atoms with Gasteiger partial charge in [0.25, 0.3) is 0 Å². The molecule has 1 aliphatic carbocycles. The maximum absolute atomic E-state index is 11.8. The summed E-state index contributed by atoms with van der Waals surface area (Å²) in [5, 5.41) is 3.04. The van der Waals surface area contributed by atoms with Crippen LogP contribution in [-0.2, 0) is 14.3 Å². The summed E-state index contributed by atoms with van der Waals surface area (Å²) in [6.07, 6.45) is 4.16. The van der Waals surface area contributed by atoms with Crippen LogP contribution in [0.25, 0.3) is 0 Å². The number of halogens is 1. The Kier molecular flexibility index (Phi) is 6.97. The standard InChI is InChI=1S/C13H24ClNO3/c1-11-3-5-13(10-14,6-4-11)15-12(16)9-18-8-7-17-2/h11H,3-10H2,1-2H3,(H,15,16). The fraction of sp³-hybridized carbons (Fsp3) is 0.923. The van der Waals surface area contributed by atoms with Crippen LogP contribution < -0.4 is 5.32 Å². The summed E-state index contributed by atoms with van der Waals surface area (Å²) >= 11 is 6.04. The summed E-state index contributed by atoms with van der Waals surface area (Å²) < 4.78 is 10.1. The maximum atomic E-state index is 11.8. The molecule has 0 heterocycles. The topological polar surface area (TPSA) is 47.6 Å². The quantitative estimate of drug-likeness (QED) is 0.572. The van der Waals surface area contributed by atoms with Crippen LogP contribution >= 0.6 is 11.6 Å². The summed E-state index contributed by atoms with van der Waals surface area (Å²) in [4.78, 5) is 11.8. The molecule has 0 atom stereocenters. The van der Waals surface area contributed by atoms with Crippen molar-refractivity contribution in [1.82, 2.24) is 5.32 Å². The molecule has 106 valence electrons. The predicted molar refractivity (Wildman–Crippen MR) is 71.9 cm³/mol. The number of alkyl halides is 1. The average molecular weight is 278 g/mol. The van der Waals surface area contributed by atoms with E-state index in [1.807, 2.05) is 0 Å². The van der Waals surface area contributed by atoms with Gasteiger partial charge in [-0.2, -0.15) is 0 Å². The van der Waals surface area contributed by atoms with E-state index in [-0.39, 0.29) is 18.1 Å². The van der Waals surface area contributed by atoms with Crippen molar-refractivity contribution in [2.24, 2.45) is 5.92 Å². The molecule has 1 fully saturated rings. The van der Waals surface area contributed by atoms with E-state index in [4.69, 9.17) is 21.1 Å². The van der Waals surface area contributed by atoms with Crippen molar-refractivity contribution >= 4 is 17.5 Å². The first-order valence-corrected chi connectivity index (χ1v) is 7.09. The number of carbonyl (C=O) groups excluding carboxylic acids is 1. The van der Waals surface area contributed by atoms with Crippen molar-refractivity contribution in [1.29, 1.82) is 0 Å². The highest BCUT2D eigenvalue weighted by molar-refractivity contribution is 6.18. The minimum absolute atomic E-state index is 0.0809. The second kappa shape index (κ2) is 7.97. The van der Waals surface area contributed by atoms with Crippen LogP contribution in [0.2, 0.25) is 0 Å². The van der Waals surface area contributed by atoms with E-state index in [2.05, 4.69) is 12.2 Å². The molecule has 0 aliphatic heterocycles. The average Bonchev–Trinajstić information content (AvgIpc) is 2.38. The number of carbonyl (C=O) groups is 1. The SMILES string of the molecule is COCCOCC(=O)NC1(CCl)CCC(C)CC1. The first-order chi connectivity index (χ1) is 8.62. The second-order valence-electron chi connectivity index (χ2n) is 5.19. The zero-order valence-electron chi connectivity index (χ0n) is 11.3. The highest BCUT2D eigenvalue weighted by atomic mass is 35.5. The van der Waals surface area contributed by atoms with Crippen LogP contribution in [0.15, 0.2) is 0 Å². The fourth-order valence-corrected chi connectivity index (χ4v) is 2.58. The minimum atomic E-state index is -0.226. The number of nitrogens with one attached hydrogen (secondary N) is 1. The van der Waals surface area contributed by atoms with Crippen molar-refractivity contribution in [3.8, 4) is 0 Å². The highest BCUT2D eigenvalue weighted by Crippen LogP contribution is 2.32. The monoisotopic (exact) mass is 277 g/mol. The Balaban J connectivity index is 2.31. The highest BCUT2D eigenvalue weighted by Gasteiger charge is 2.34. The van der Waals surface area contributed by atoms with Crippen molar-refractivity contribution in [3.63, 3.8) is 0 Å². The summed E-state index contributed by atoms with van der Waals surface area (Å²) in [6, 6.07) is 0. The lowest BCUT2D eigenvalue weighted by Crippen LogP contribution is -2.53. The van der Waals surface area contributed by atoms with Crippen molar-refractivity contribution in [2.75, 3.05) is 32.8 Å². The Morgan fingerprint density at radius 3 is 2.61 bits per heavy atom. The Hall–Kier alpha value is -0.320. The van der Waals surface area contributed by atoms with E-state index in [1.54, 1.807) is 7.11 Å². The van der Waals surface area contributed by atoms with Gasteiger partial charge in [-0.15, -0.1) is 11.6 Å². The third-order valence-electron chi connectivity index (χ3n) is 3.56. The maximum Gasteiger partial charge on any atom is 0.246 e. The van der Waals surface area contributed by atoms with Gasteiger partial charge in [0, 0.05) is 13.0 Å². The second-order valence-corrected chi connectivity index (χ2v) is 5.46. The van der Waals surface area contributed by atoms with E-state index < -0.39 is 0 Å². The lowest BCUT2D eigenvalue weighted by atomic mass is 9.78. The molecule has 0 aromatic heterocycles. The van der Waals surface area contributed by atoms with Crippen LogP contribution in [0.3, 0.4) is 0 Å². The molecule has 0 aromatic carbocycles. The number of ether oxygens (including phenoxy) is 2. The molecule has 1 saturated carbocycles. The number of hydrogen-bond donors (Lipinski definition) is 1. The zero-order chi connectivity index (χ0) is 13.4. The molecule has 1 aliphatic rings. The molecular formula is C13H24ClNO3. The lowest BCUT2D eigenvalue weighted by Gasteiger charge is -2.38. The molecule has 0 saturated heterocycles. The molecule has 18 heavy (non-hydrogen) atoms. The van der Waals surface area contributed by atoms with E-state index in [0.29, 0.717) is 19.1 Å². The lowest BCUT2D eigenvalue weighted by molar-refractivity contribution is -0.128. The molecule has 0 spiro atoms. The van der Waals surface area contributed by atoms with Gasteiger partial charge in [0.2, 0.25) is 5.91 Å². The molecule has 0 aromatic rings. The summed E-state index contributed by atoms with van der Waals surface area (Å²) in [5.74, 6) is 1.13. The van der Waals surface area contributed by atoms with Crippen LogP contribution in [0.5, 0.6) is 0 Å². The van der Waals surface area contributed by atoms with E-state index >= 15 is 0 Å². The molecule has 1 N–H and O–H groups in total. The van der Waals surface area contributed by atoms with Crippen molar-refractivity contribution < 1.29 is 14.3 Å². The van der Waals surface area contributed by atoms with Gasteiger partial charge in [0.1, 0.15) is 6.61 Å². The van der Waals surface area contributed by atoms with Crippen molar-refractivity contribution in [2.45, 2.75) is 38.1 Å². The Labute approximate surface area is 114 Å².